The second-order valence-electron chi connectivity index (χ2n) is 7.92. The average molecular weight is 425 g/mol. The number of ketones is 1. The molecule has 3 heterocycles. The maximum Gasteiger partial charge on any atom is 0.326 e. The number of carbonyl (C=O) groups is 4. The Morgan fingerprint density at radius 3 is 2.32 bits per heavy atom. The predicted molar refractivity (Wildman–Crippen MR) is 107 cm³/mol. The molecule has 0 saturated carbocycles. The molecule has 1 fully saturated rings. The highest BCUT2D eigenvalue weighted by Crippen LogP contribution is 2.34. The second-order valence-corrected chi connectivity index (χ2v) is 7.92. The Morgan fingerprint density at radius 1 is 1.10 bits per heavy atom. The number of ether oxygens (including phenoxy) is 1. The Labute approximate surface area is 178 Å². The molecule has 162 valence electrons. The first-order valence-electron chi connectivity index (χ1n) is 10.1. The maximum atomic E-state index is 12.7. The fourth-order valence-electron chi connectivity index (χ4n) is 4.28. The molecule has 31 heavy (non-hydrogen) atoms. The fourth-order valence-corrected chi connectivity index (χ4v) is 4.28. The van der Waals surface area contributed by atoms with Crippen LogP contribution in [0, 0.1) is 32.6 Å². The highest BCUT2D eigenvalue weighted by molar-refractivity contribution is 6.07. The van der Waals surface area contributed by atoms with Crippen LogP contribution in [0.3, 0.4) is 0 Å². The number of amides is 2. The van der Waals surface area contributed by atoms with E-state index in [4.69, 9.17) is 9.26 Å². The van der Waals surface area contributed by atoms with Gasteiger partial charge in [0.15, 0.2) is 12.4 Å². The Kier molecular flexibility index (Phi) is 5.34. The number of esters is 1. The molecule has 0 aromatic carbocycles. The number of nitrogens with zero attached hydrogens (tertiary/aromatic N) is 3. The zero-order valence-corrected chi connectivity index (χ0v) is 17.6. The van der Waals surface area contributed by atoms with Gasteiger partial charge in [-0.1, -0.05) is 17.3 Å². The SMILES string of the molecule is Cc1cc(-n2c(C)cc(C(=O)COC(=O)CN3C(=O)C4CC=CCC4C3=O)c2C)no1. The quantitative estimate of drug-likeness (QED) is 0.301. The van der Waals surface area contributed by atoms with Gasteiger partial charge in [-0.2, -0.15) is 0 Å². The molecule has 2 unspecified atom stereocenters. The number of fused-ring (bicyclic) bond motifs is 1. The lowest BCUT2D eigenvalue weighted by Crippen LogP contribution is -2.37. The van der Waals surface area contributed by atoms with Crippen LogP contribution in [-0.4, -0.2) is 51.3 Å². The third-order valence-electron chi connectivity index (χ3n) is 5.83. The summed E-state index contributed by atoms with van der Waals surface area (Å²) in [5, 5.41) is 3.97. The van der Waals surface area contributed by atoms with Gasteiger partial charge < -0.3 is 9.26 Å². The lowest BCUT2D eigenvalue weighted by molar-refractivity contribution is -0.152. The first kappa shape index (κ1) is 20.8. The Morgan fingerprint density at radius 2 is 1.74 bits per heavy atom. The number of Topliss-reactive ketones (excluding diaryl/α,β-unsaturated/α-hetero) is 1. The van der Waals surface area contributed by atoms with Gasteiger partial charge in [-0.05, 0) is 39.7 Å². The molecule has 9 nitrogen and oxygen atoms in total. The van der Waals surface area contributed by atoms with Gasteiger partial charge in [-0.3, -0.25) is 28.6 Å². The van der Waals surface area contributed by atoms with Crippen molar-refractivity contribution in [2.75, 3.05) is 13.2 Å². The van der Waals surface area contributed by atoms with Crippen molar-refractivity contribution in [3.8, 4) is 5.82 Å². The van der Waals surface area contributed by atoms with Crippen molar-refractivity contribution in [1.82, 2.24) is 14.6 Å². The number of imide groups is 1. The molecule has 2 aromatic rings. The number of aryl methyl sites for hydroxylation is 2. The molecule has 2 aliphatic rings. The molecule has 0 spiro atoms. The van der Waals surface area contributed by atoms with E-state index in [1.54, 1.807) is 30.5 Å². The summed E-state index contributed by atoms with van der Waals surface area (Å²) in [5.74, 6) is -1.48. The molecule has 1 saturated heterocycles. The fraction of sp³-hybridized carbons (Fsp3) is 0.409. The van der Waals surface area contributed by atoms with Crippen LogP contribution in [0.15, 0.2) is 28.8 Å². The summed E-state index contributed by atoms with van der Waals surface area (Å²) < 4.78 is 12.0. The second kappa shape index (κ2) is 7.98. The molecule has 2 atom stereocenters. The number of aromatic nitrogens is 2. The Balaban J connectivity index is 1.39. The van der Waals surface area contributed by atoms with E-state index in [2.05, 4.69) is 5.16 Å². The highest BCUT2D eigenvalue weighted by Gasteiger charge is 2.47. The summed E-state index contributed by atoms with van der Waals surface area (Å²) in [6, 6.07) is 3.45. The lowest BCUT2D eigenvalue weighted by Gasteiger charge is -2.14. The molecule has 2 aromatic heterocycles. The number of hydrogen-bond acceptors (Lipinski definition) is 7. The predicted octanol–water partition coefficient (Wildman–Crippen LogP) is 2.07. The van der Waals surface area contributed by atoms with Gasteiger partial charge in [0.25, 0.3) is 0 Å². The van der Waals surface area contributed by atoms with Crippen LogP contribution in [0.5, 0.6) is 0 Å². The standard InChI is InChI=1S/C22H23N3O6/c1-12-8-17(14(3)25(12)19-9-13(2)31-23-19)18(26)11-30-20(27)10-24-21(28)15-6-4-5-7-16(15)22(24)29/h4-5,8-9,15-16H,6-7,10-11H2,1-3H3. The van der Waals surface area contributed by atoms with Crippen molar-refractivity contribution in [3.63, 3.8) is 0 Å². The van der Waals surface area contributed by atoms with Gasteiger partial charge in [-0.15, -0.1) is 0 Å². The van der Waals surface area contributed by atoms with Crippen molar-refractivity contribution in [2.45, 2.75) is 33.6 Å². The minimum atomic E-state index is -0.789. The van der Waals surface area contributed by atoms with Crippen molar-refractivity contribution < 1.29 is 28.4 Å². The molecule has 0 radical (unpaired) electrons. The van der Waals surface area contributed by atoms with E-state index in [-0.39, 0.29) is 17.6 Å². The molecule has 1 aliphatic heterocycles. The summed E-state index contributed by atoms with van der Waals surface area (Å²) >= 11 is 0. The van der Waals surface area contributed by atoms with E-state index in [9.17, 15) is 19.2 Å². The maximum absolute atomic E-state index is 12.7. The van der Waals surface area contributed by atoms with Gasteiger partial charge in [0.05, 0.1) is 11.8 Å². The van der Waals surface area contributed by atoms with E-state index in [0.29, 0.717) is 35.7 Å². The van der Waals surface area contributed by atoms with E-state index in [1.165, 1.54) is 0 Å². The van der Waals surface area contributed by atoms with Gasteiger partial charge in [0.2, 0.25) is 17.6 Å². The first-order chi connectivity index (χ1) is 14.8. The Bertz CT molecular complexity index is 1080. The van der Waals surface area contributed by atoms with Crippen LogP contribution >= 0.6 is 0 Å². The Hall–Kier alpha value is -3.49. The zero-order chi connectivity index (χ0) is 22.3. The third-order valence-corrected chi connectivity index (χ3v) is 5.83. The third kappa shape index (κ3) is 3.71. The minimum absolute atomic E-state index is 0.353. The van der Waals surface area contributed by atoms with Gasteiger partial charge in [0.1, 0.15) is 12.3 Å². The van der Waals surface area contributed by atoms with Crippen molar-refractivity contribution in [1.29, 1.82) is 0 Å². The molecular formula is C22H23N3O6. The number of allylic oxidation sites excluding steroid dienone is 2. The van der Waals surface area contributed by atoms with E-state index < -0.39 is 31.0 Å². The monoisotopic (exact) mass is 425 g/mol. The van der Waals surface area contributed by atoms with Crippen LogP contribution < -0.4 is 0 Å². The molecular weight excluding hydrogens is 402 g/mol. The largest absolute Gasteiger partial charge is 0.456 e. The molecule has 9 heteroatoms. The summed E-state index contributed by atoms with van der Waals surface area (Å²) in [4.78, 5) is 50.7. The summed E-state index contributed by atoms with van der Waals surface area (Å²) in [5.41, 5.74) is 1.83. The normalized spacial score (nSPS) is 20.3. The summed E-state index contributed by atoms with van der Waals surface area (Å²) in [7, 11) is 0. The average Bonchev–Trinajstić information content (AvgIpc) is 3.37. The molecule has 0 N–H and O–H groups in total. The molecule has 0 bridgehead atoms. The zero-order valence-electron chi connectivity index (χ0n) is 17.6. The topological polar surface area (TPSA) is 112 Å². The highest BCUT2D eigenvalue weighted by atomic mass is 16.5. The molecule has 1 aliphatic carbocycles. The van der Waals surface area contributed by atoms with Crippen LogP contribution in [0.1, 0.15) is 40.3 Å². The van der Waals surface area contributed by atoms with E-state index in [1.807, 2.05) is 19.1 Å². The number of hydrogen-bond donors (Lipinski definition) is 0. The number of carbonyl (C=O) groups excluding carboxylic acids is 4. The van der Waals surface area contributed by atoms with Crippen LogP contribution in [-0.2, 0) is 19.1 Å². The van der Waals surface area contributed by atoms with Gasteiger partial charge >= 0.3 is 5.97 Å². The van der Waals surface area contributed by atoms with Crippen molar-refractivity contribution in [3.05, 3.63) is 47.0 Å². The summed E-state index contributed by atoms with van der Waals surface area (Å²) in [6.45, 7) is 4.42. The summed E-state index contributed by atoms with van der Waals surface area (Å²) in [6.07, 6.45) is 4.76. The lowest BCUT2D eigenvalue weighted by atomic mass is 9.85. The first-order valence-corrected chi connectivity index (χ1v) is 10.1. The minimum Gasteiger partial charge on any atom is -0.456 e. The van der Waals surface area contributed by atoms with Crippen LogP contribution in [0.2, 0.25) is 0 Å². The smallest absolute Gasteiger partial charge is 0.326 e. The van der Waals surface area contributed by atoms with E-state index >= 15 is 0 Å². The number of rotatable bonds is 6. The van der Waals surface area contributed by atoms with Gasteiger partial charge in [0, 0.05) is 23.0 Å². The van der Waals surface area contributed by atoms with Crippen molar-refractivity contribution >= 4 is 23.6 Å². The number of likely N-dealkylation sites (tertiary alicyclic amines) is 1. The van der Waals surface area contributed by atoms with E-state index in [0.717, 1.165) is 10.6 Å². The molecule has 4 rings (SSSR count). The van der Waals surface area contributed by atoms with Crippen LogP contribution in [0.25, 0.3) is 5.82 Å². The van der Waals surface area contributed by atoms with Crippen LogP contribution in [0.4, 0.5) is 0 Å². The van der Waals surface area contributed by atoms with Gasteiger partial charge in [-0.25, -0.2) is 0 Å². The van der Waals surface area contributed by atoms with Crippen molar-refractivity contribution in [2.24, 2.45) is 11.8 Å². The molecule has 2 amide bonds.